The zero-order valence-electron chi connectivity index (χ0n) is 19.0. The Morgan fingerprint density at radius 1 is 1.38 bits per heavy atom. The van der Waals surface area contributed by atoms with Crippen molar-refractivity contribution in [2.45, 2.75) is 52.4 Å². The zero-order chi connectivity index (χ0) is 22.7. The van der Waals surface area contributed by atoms with Gasteiger partial charge in [-0.05, 0) is 56.4 Å². The third-order valence-corrected chi connectivity index (χ3v) is 6.58. The lowest BCUT2D eigenvalue weighted by Crippen LogP contribution is -2.34. The summed E-state index contributed by atoms with van der Waals surface area (Å²) in [6, 6.07) is 2.49. The number of ether oxygens (including phenoxy) is 1. The summed E-state index contributed by atoms with van der Waals surface area (Å²) in [4.78, 5) is 11.1. The molecule has 3 heterocycles. The largest absolute Gasteiger partial charge is 0.477 e. The Morgan fingerprint density at radius 3 is 2.78 bits per heavy atom. The lowest BCUT2D eigenvalue weighted by Gasteiger charge is -2.30. The number of nitrogens with one attached hydrogen (secondary N) is 2. The number of anilines is 2. The quantitative estimate of drug-likeness (QED) is 0.239. The van der Waals surface area contributed by atoms with Gasteiger partial charge in [0, 0.05) is 24.6 Å². The maximum atomic E-state index is 7.28. The van der Waals surface area contributed by atoms with Crippen LogP contribution < -0.4 is 14.6 Å². The molecule has 2 fully saturated rings. The monoisotopic (exact) mass is 440 g/mol. The number of nitrogens with zero attached hydrogens (tertiary/aromatic N) is 6. The van der Waals surface area contributed by atoms with Crippen LogP contribution in [-0.4, -0.2) is 41.2 Å². The van der Waals surface area contributed by atoms with Crippen LogP contribution in [-0.2, 0) is 0 Å². The Balaban J connectivity index is 1.19. The first kappa shape index (κ1) is 22.2. The predicted octanol–water partition coefficient (Wildman–Crippen LogP) is 4.58. The van der Waals surface area contributed by atoms with Gasteiger partial charge in [-0.1, -0.05) is 24.2 Å². The van der Waals surface area contributed by atoms with E-state index in [1.54, 1.807) is 6.20 Å². The van der Waals surface area contributed by atoms with Gasteiger partial charge in [-0.15, -0.1) is 0 Å². The van der Waals surface area contributed by atoms with Gasteiger partial charge in [0.15, 0.2) is 5.82 Å². The molecule has 32 heavy (non-hydrogen) atoms. The topological polar surface area (TPSA) is 128 Å². The number of pyridine rings is 1. The third-order valence-electron chi connectivity index (χ3n) is 6.58. The fourth-order valence-electron chi connectivity index (χ4n) is 4.58. The molecule has 1 saturated heterocycles. The van der Waals surface area contributed by atoms with E-state index in [-0.39, 0.29) is 5.92 Å². The van der Waals surface area contributed by atoms with Crippen molar-refractivity contribution in [3.63, 3.8) is 0 Å². The minimum absolute atomic E-state index is 0.284. The number of hydrogen-bond acceptors (Lipinski definition) is 9. The van der Waals surface area contributed by atoms with Crippen LogP contribution in [0.3, 0.4) is 0 Å². The minimum atomic E-state index is 0.284. The molecule has 2 aliphatic rings. The lowest BCUT2D eigenvalue weighted by molar-refractivity contribution is 0.273. The summed E-state index contributed by atoms with van der Waals surface area (Å²) < 4.78 is 11.4. The molecule has 2 aromatic rings. The molecular weight excluding hydrogens is 408 g/mol. The molecule has 1 aliphatic carbocycles. The number of hydrogen-bond donors (Lipinski definition) is 2. The van der Waals surface area contributed by atoms with E-state index < -0.39 is 0 Å². The average Bonchev–Trinajstić information content (AvgIpc) is 3.38. The highest BCUT2D eigenvalue weighted by molar-refractivity contribution is 5.75. The highest BCUT2D eigenvalue weighted by Gasteiger charge is 2.43. The van der Waals surface area contributed by atoms with Crippen LogP contribution in [0, 0.1) is 35.6 Å². The molecule has 10 nitrogen and oxygen atoms in total. The maximum absolute atomic E-state index is 7.28. The molecule has 2 atom stereocenters. The molecule has 0 spiro atoms. The number of aryl methyl sites for hydroxylation is 1. The minimum Gasteiger partial charge on any atom is -0.477 e. The van der Waals surface area contributed by atoms with Gasteiger partial charge in [-0.2, -0.15) is 10.5 Å². The summed E-state index contributed by atoms with van der Waals surface area (Å²) in [6.45, 7) is 8.69. The Kier molecular flexibility index (Phi) is 6.66. The van der Waals surface area contributed by atoms with E-state index in [4.69, 9.17) is 20.2 Å². The van der Waals surface area contributed by atoms with Crippen molar-refractivity contribution in [1.82, 2.24) is 15.1 Å². The summed E-state index contributed by atoms with van der Waals surface area (Å²) in [5.74, 6) is 3.97. The van der Waals surface area contributed by atoms with E-state index in [0.717, 1.165) is 60.0 Å². The van der Waals surface area contributed by atoms with Gasteiger partial charge < -0.3 is 14.2 Å². The molecule has 0 aromatic carbocycles. The number of rotatable bonds is 10. The molecule has 4 rings (SSSR count). The molecular formula is C22H32N8O2. The van der Waals surface area contributed by atoms with Crippen molar-refractivity contribution in [3.05, 3.63) is 23.7 Å². The Hall–Kier alpha value is -3.04. The van der Waals surface area contributed by atoms with Gasteiger partial charge in [-0.3, -0.25) is 5.41 Å². The third kappa shape index (κ3) is 4.89. The molecule has 10 heteroatoms. The molecule has 2 N–H and O–H groups in total. The van der Waals surface area contributed by atoms with Crippen molar-refractivity contribution in [2.75, 3.05) is 29.6 Å². The number of aromatic nitrogens is 3. The summed E-state index contributed by atoms with van der Waals surface area (Å²) in [5.41, 5.74) is 8.54. The highest BCUT2D eigenvalue weighted by atomic mass is 16.5. The normalized spacial score (nSPS) is 20.9. The second-order valence-corrected chi connectivity index (χ2v) is 9.10. The first-order valence-corrected chi connectivity index (χ1v) is 11.3. The zero-order valence-corrected chi connectivity index (χ0v) is 19.0. The van der Waals surface area contributed by atoms with Crippen molar-refractivity contribution in [3.8, 4) is 5.88 Å². The molecule has 0 amide bonds. The van der Waals surface area contributed by atoms with Crippen molar-refractivity contribution >= 4 is 18.0 Å². The van der Waals surface area contributed by atoms with Gasteiger partial charge in [0.25, 0.3) is 0 Å². The summed E-state index contributed by atoms with van der Waals surface area (Å²) >= 11 is 0. The van der Waals surface area contributed by atoms with Crippen LogP contribution in [0.2, 0.25) is 0 Å². The molecule has 1 aliphatic heterocycles. The van der Waals surface area contributed by atoms with Gasteiger partial charge in [0.2, 0.25) is 5.88 Å². The van der Waals surface area contributed by atoms with Crippen LogP contribution >= 0.6 is 0 Å². The van der Waals surface area contributed by atoms with E-state index >= 15 is 0 Å². The van der Waals surface area contributed by atoms with E-state index in [9.17, 15) is 0 Å². The van der Waals surface area contributed by atoms with E-state index in [1.807, 2.05) is 13.0 Å². The van der Waals surface area contributed by atoms with E-state index in [1.165, 1.54) is 19.3 Å². The fourth-order valence-corrected chi connectivity index (χ4v) is 4.58. The fraction of sp³-hybridized carbons (Fsp3) is 0.636. The lowest BCUT2D eigenvalue weighted by atomic mass is 9.90. The smallest absolute Gasteiger partial charge is 0.324 e. The molecule has 0 bridgehead atoms. The highest BCUT2D eigenvalue weighted by Crippen LogP contribution is 2.50. The second kappa shape index (κ2) is 9.62. The summed E-state index contributed by atoms with van der Waals surface area (Å²) in [7, 11) is 0. The molecule has 0 radical (unpaired) electrons. The van der Waals surface area contributed by atoms with Gasteiger partial charge in [0.05, 0.1) is 18.5 Å². The van der Waals surface area contributed by atoms with Crippen LogP contribution in [0.1, 0.15) is 56.8 Å². The first-order valence-electron chi connectivity index (χ1n) is 11.3. The Labute approximate surface area is 188 Å². The maximum Gasteiger partial charge on any atom is 0.324 e. The van der Waals surface area contributed by atoms with Crippen molar-refractivity contribution < 1.29 is 9.26 Å². The average molecular weight is 441 g/mol. The molecule has 172 valence electrons. The molecule has 2 aromatic heterocycles. The van der Waals surface area contributed by atoms with Crippen LogP contribution in [0.25, 0.3) is 0 Å². The van der Waals surface area contributed by atoms with E-state index in [0.29, 0.717) is 24.2 Å². The Morgan fingerprint density at radius 2 is 2.16 bits per heavy atom. The standard InChI is InChI=1S/C22H32N8O2/c1-14(2)20-26-22(32-27-20)29-7-4-16(5-8-29)19-11-17(19)6-9-31-21-15(3)10-18(12-25-21)30(13-23)28-24/h10,12-14,16-17,19,23-24H,4-9,11H2,1-3H3. The summed E-state index contributed by atoms with van der Waals surface area (Å²) in [6.07, 6.45) is 7.24. The van der Waals surface area contributed by atoms with Crippen LogP contribution in [0.4, 0.5) is 11.7 Å². The first-order chi connectivity index (χ1) is 15.5. The van der Waals surface area contributed by atoms with Crippen LogP contribution in [0.5, 0.6) is 5.88 Å². The van der Waals surface area contributed by atoms with Crippen molar-refractivity contribution in [2.24, 2.45) is 23.0 Å². The Bertz CT molecular complexity index is 930. The van der Waals surface area contributed by atoms with Gasteiger partial charge >= 0.3 is 6.01 Å². The molecule has 1 saturated carbocycles. The van der Waals surface area contributed by atoms with Gasteiger partial charge in [-0.25, -0.2) is 9.99 Å². The number of piperidine rings is 1. The second-order valence-electron chi connectivity index (χ2n) is 9.10. The van der Waals surface area contributed by atoms with E-state index in [2.05, 4.69) is 39.1 Å². The van der Waals surface area contributed by atoms with Crippen LogP contribution in [0.15, 0.2) is 22.0 Å². The summed E-state index contributed by atoms with van der Waals surface area (Å²) in [5, 5.41) is 15.8. The SMILES string of the molecule is Cc1cc(N(C=N)N=N)cnc1OCCC1CC1C1CCN(c2nc(C(C)C)no2)CC1. The van der Waals surface area contributed by atoms with Gasteiger partial charge in [0.1, 0.15) is 6.34 Å². The molecule has 2 unspecified atom stereocenters. The predicted molar refractivity (Wildman–Crippen MR) is 120 cm³/mol. The van der Waals surface area contributed by atoms with Crippen molar-refractivity contribution in [1.29, 1.82) is 10.9 Å².